The van der Waals surface area contributed by atoms with E-state index >= 15 is 0 Å². The fraction of sp³-hybridized carbons (Fsp3) is 0.500. The van der Waals surface area contributed by atoms with Crippen LogP contribution < -0.4 is 11.1 Å². The van der Waals surface area contributed by atoms with E-state index in [4.69, 9.17) is 5.73 Å². The number of aliphatic hydroxyl groups excluding tert-OH is 1. The molecule has 4 atom stereocenters. The van der Waals surface area contributed by atoms with E-state index in [1.807, 2.05) is 6.92 Å². The molecule has 7 nitrogen and oxygen atoms in total. The van der Waals surface area contributed by atoms with Crippen molar-refractivity contribution in [1.29, 1.82) is 0 Å². The summed E-state index contributed by atoms with van der Waals surface area (Å²) >= 11 is 0. The van der Waals surface area contributed by atoms with Crippen LogP contribution in [0.15, 0.2) is 18.2 Å². The number of hydrogen-bond donors (Lipinski definition) is 3. The number of benzene rings is 1. The van der Waals surface area contributed by atoms with Crippen LogP contribution in [0.25, 0.3) is 5.69 Å². The van der Waals surface area contributed by atoms with Gasteiger partial charge in [-0.25, -0.2) is 4.68 Å². The average Bonchev–Trinajstić information content (AvgIpc) is 3.29. The highest BCUT2D eigenvalue weighted by Gasteiger charge is 2.45. The summed E-state index contributed by atoms with van der Waals surface area (Å²) < 4.78 is 42.4. The van der Waals surface area contributed by atoms with Crippen LogP contribution in [0.1, 0.15) is 65.2 Å². The number of carbonyl (C=O) groups is 2. The largest absolute Gasteiger partial charge is 0.435 e. The zero-order valence-electron chi connectivity index (χ0n) is 17.7. The zero-order chi connectivity index (χ0) is 23.4. The van der Waals surface area contributed by atoms with Gasteiger partial charge in [-0.2, -0.15) is 18.3 Å². The number of aliphatic hydroxyl groups is 1. The summed E-state index contributed by atoms with van der Waals surface area (Å²) in [6.07, 6.45) is -3.18. The van der Waals surface area contributed by atoms with Gasteiger partial charge in [0.15, 0.2) is 11.5 Å². The maximum absolute atomic E-state index is 13.7. The maximum atomic E-state index is 13.7. The number of anilines is 1. The second-order valence-electron chi connectivity index (χ2n) is 8.82. The van der Waals surface area contributed by atoms with Crippen LogP contribution in [0.2, 0.25) is 0 Å². The summed E-state index contributed by atoms with van der Waals surface area (Å²) in [5.74, 6) is -1.93. The number of aromatic nitrogens is 2. The highest BCUT2D eigenvalue weighted by molar-refractivity contribution is 6.01. The molecule has 1 aromatic carbocycles. The molecule has 2 aromatic rings. The van der Waals surface area contributed by atoms with E-state index < -0.39 is 35.6 Å². The van der Waals surface area contributed by atoms with Crippen molar-refractivity contribution in [3.05, 3.63) is 40.7 Å². The first kappa shape index (κ1) is 22.3. The van der Waals surface area contributed by atoms with Crippen LogP contribution in [0, 0.1) is 11.8 Å². The topological polar surface area (TPSA) is 110 Å². The van der Waals surface area contributed by atoms with Crippen LogP contribution in [0.5, 0.6) is 0 Å². The minimum Gasteiger partial charge on any atom is -0.393 e. The molecule has 1 amide bonds. The lowest BCUT2D eigenvalue weighted by atomic mass is 9.78. The van der Waals surface area contributed by atoms with E-state index in [0.717, 1.165) is 4.68 Å². The van der Waals surface area contributed by atoms with Gasteiger partial charge in [0.25, 0.3) is 5.91 Å². The monoisotopic (exact) mass is 450 g/mol. The second kappa shape index (κ2) is 7.91. The van der Waals surface area contributed by atoms with Crippen LogP contribution >= 0.6 is 0 Å². The van der Waals surface area contributed by atoms with Crippen molar-refractivity contribution in [3.63, 3.8) is 0 Å². The number of rotatable bonds is 4. The second-order valence-corrected chi connectivity index (χ2v) is 8.82. The highest BCUT2D eigenvalue weighted by atomic mass is 19.4. The Morgan fingerprint density at radius 3 is 2.59 bits per heavy atom. The SMILES string of the molecule is CC1C(=O)c2c(C(F)(F)F)nn(-c3ccc(C(N)=O)c(NC4CCC(O)C4)c3)c2C[C@@H]1C. The van der Waals surface area contributed by atoms with Gasteiger partial charge in [0.2, 0.25) is 0 Å². The van der Waals surface area contributed by atoms with Crippen LogP contribution in [-0.2, 0) is 12.6 Å². The standard InChI is InChI=1S/C22H25F3N4O3/c1-10-7-17-18(19(31)11(10)2)20(22(23,24)25)28-29(17)13-4-6-15(21(26)32)16(9-13)27-12-3-5-14(30)8-12/h4,6,9-12,14,27,30H,3,5,7-8H2,1-2H3,(H2,26,32)/t10-,11?,12?,14?/m0/s1. The summed E-state index contributed by atoms with van der Waals surface area (Å²) in [7, 11) is 0. The quantitative estimate of drug-likeness (QED) is 0.662. The molecule has 10 heteroatoms. The van der Waals surface area contributed by atoms with E-state index in [2.05, 4.69) is 10.4 Å². The number of primary amides is 1. The Balaban J connectivity index is 1.83. The molecule has 2 aliphatic rings. The number of ketones is 1. The number of nitrogens with zero attached hydrogens (tertiary/aromatic N) is 2. The van der Waals surface area contributed by atoms with E-state index in [-0.39, 0.29) is 40.9 Å². The van der Waals surface area contributed by atoms with Gasteiger partial charge in [-0.3, -0.25) is 9.59 Å². The third-order valence-electron chi connectivity index (χ3n) is 6.56. The molecule has 1 heterocycles. The zero-order valence-corrected chi connectivity index (χ0v) is 17.7. The number of halogens is 3. The predicted octanol–water partition coefficient (Wildman–Crippen LogP) is 3.33. The number of alkyl halides is 3. The fourth-order valence-corrected chi connectivity index (χ4v) is 4.59. The van der Waals surface area contributed by atoms with Gasteiger partial charge in [0.05, 0.1) is 28.6 Å². The molecule has 1 aromatic heterocycles. The number of fused-ring (bicyclic) bond motifs is 1. The normalized spacial score (nSPS) is 25.6. The van der Waals surface area contributed by atoms with Crippen molar-refractivity contribution < 1.29 is 27.9 Å². The van der Waals surface area contributed by atoms with Gasteiger partial charge in [-0.1, -0.05) is 13.8 Å². The number of hydrogen-bond acceptors (Lipinski definition) is 5. The molecular formula is C22H25F3N4O3. The van der Waals surface area contributed by atoms with Crippen molar-refractivity contribution >= 4 is 17.4 Å². The van der Waals surface area contributed by atoms with Crippen molar-refractivity contribution in [1.82, 2.24) is 9.78 Å². The minimum absolute atomic E-state index is 0.0990. The first-order valence-corrected chi connectivity index (χ1v) is 10.6. The predicted molar refractivity (Wildman–Crippen MR) is 111 cm³/mol. The van der Waals surface area contributed by atoms with Gasteiger partial charge in [-0.05, 0) is 49.8 Å². The molecule has 2 aliphatic carbocycles. The Kier molecular flexibility index (Phi) is 5.52. The van der Waals surface area contributed by atoms with Gasteiger partial charge in [-0.15, -0.1) is 0 Å². The lowest BCUT2D eigenvalue weighted by molar-refractivity contribution is -0.141. The van der Waals surface area contributed by atoms with Crippen molar-refractivity contribution in [2.24, 2.45) is 17.6 Å². The van der Waals surface area contributed by atoms with Crippen LogP contribution in [0.3, 0.4) is 0 Å². The molecule has 32 heavy (non-hydrogen) atoms. The molecule has 0 saturated heterocycles. The van der Waals surface area contributed by atoms with Crippen molar-refractivity contribution in [3.8, 4) is 5.69 Å². The molecule has 1 saturated carbocycles. The molecule has 1 fully saturated rings. The average molecular weight is 450 g/mol. The number of amides is 1. The Labute approximate surface area is 182 Å². The summed E-state index contributed by atoms with van der Waals surface area (Å²) in [5, 5.41) is 16.8. The Morgan fingerprint density at radius 2 is 2.00 bits per heavy atom. The Hall–Kier alpha value is -2.88. The molecule has 0 aliphatic heterocycles. The van der Waals surface area contributed by atoms with E-state index in [0.29, 0.717) is 24.9 Å². The Morgan fingerprint density at radius 1 is 1.28 bits per heavy atom. The third kappa shape index (κ3) is 3.87. The maximum Gasteiger partial charge on any atom is 0.435 e. The molecule has 4 rings (SSSR count). The number of Topliss-reactive ketones (excluding diaryl/α,β-unsaturated/α-hetero) is 1. The molecule has 0 radical (unpaired) electrons. The number of nitrogens with two attached hydrogens (primary N) is 1. The molecule has 0 bridgehead atoms. The van der Waals surface area contributed by atoms with Crippen LogP contribution in [-0.4, -0.2) is 38.7 Å². The lowest BCUT2D eigenvalue weighted by Gasteiger charge is -2.26. The van der Waals surface area contributed by atoms with Gasteiger partial charge in [0, 0.05) is 17.6 Å². The third-order valence-corrected chi connectivity index (χ3v) is 6.56. The van der Waals surface area contributed by atoms with Crippen LogP contribution in [0.4, 0.5) is 18.9 Å². The van der Waals surface area contributed by atoms with Gasteiger partial charge >= 0.3 is 6.18 Å². The van der Waals surface area contributed by atoms with Crippen molar-refractivity contribution in [2.45, 2.75) is 57.9 Å². The summed E-state index contributed by atoms with van der Waals surface area (Å²) in [4.78, 5) is 24.7. The number of carbonyl (C=O) groups excluding carboxylic acids is 2. The van der Waals surface area contributed by atoms with E-state index in [9.17, 15) is 27.9 Å². The van der Waals surface area contributed by atoms with Gasteiger partial charge in [0.1, 0.15) is 0 Å². The molecule has 4 N–H and O–H groups in total. The van der Waals surface area contributed by atoms with Gasteiger partial charge < -0.3 is 16.2 Å². The Bertz CT molecular complexity index is 1080. The van der Waals surface area contributed by atoms with E-state index in [1.165, 1.54) is 18.2 Å². The summed E-state index contributed by atoms with van der Waals surface area (Å²) in [6.45, 7) is 3.46. The minimum atomic E-state index is -4.78. The number of nitrogens with one attached hydrogen (secondary N) is 1. The molecular weight excluding hydrogens is 425 g/mol. The summed E-state index contributed by atoms with van der Waals surface area (Å²) in [5.41, 5.74) is 4.96. The fourth-order valence-electron chi connectivity index (χ4n) is 4.59. The molecule has 172 valence electrons. The first-order chi connectivity index (χ1) is 15.0. The summed E-state index contributed by atoms with van der Waals surface area (Å²) in [6, 6.07) is 4.32. The highest BCUT2D eigenvalue weighted by Crippen LogP contribution is 2.40. The smallest absolute Gasteiger partial charge is 0.393 e. The molecule has 0 spiro atoms. The first-order valence-electron chi connectivity index (χ1n) is 10.6. The van der Waals surface area contributed by atoms with Crippen molar-refractivity contribution in [2.75, 3.05) is 5.32 Å². The van der Waals surface area contributed by atoms with E-state index in [1.54, 1.807) is 6.92 Å². The lowest BCUT2D eigenvalue weighted by Crippen LogP contribution is -2.29. The molecule has 3 unspecified atom stereocenters.